The van der Waals surface area contributed by atoms with Gasteiger partial charge in [0.15, 0.2) is 0 Å². The maximum Gasteiger partial charge on any atom is 0.127 e. The van der Waals surface area contributed by atoms with Crippen molar-refractivity contribution in [2.45, 2.75) is 6.92 Å². The lowest BCUT2D eigenvalue weighted by atomic mass is 10.1. The minimum atomic E-state index is 0.531. The third-order valence-corrected chi connectivity index (χ3v) is 2.73. The molecule has 0 aromatic heterocycles. The molecule has 1 nitrogen and oxygen atoms in total. The highest BCUT2D eigenvalue weighted by Gasteiger charge is 1.94. The van der Waals surface area contributed by atoms with Gasteiger partial charge in [-0.05, 0) is 49.4 Å². The van der Waals surface area contributed by atoms with E-state index in [1.165, 1.54) is 5.56 Å². The molecule has 0 aliphatic carbocycles. The Hall–Kier alpha value is -2.72. The Morgan fingerprint density at radius 2 is 1.45 bits per heavy atom. The average molecular weight is 260 g/mol. The van der Waals surface area contributed by atoms with Gasteiger partial charge in [-0.1, -0.05) is 42.7 Å². The van der Waals surface area contributed by atoms with Crippen LogP contribution in [0, 0.1) is 18.8 Å². The molecule has 0 fully saturated rings. The summed E-state index contributed by atoms with van der Waals surface area (Å²) in [5, 5.41) is 0. The van der Waals surface area contributed by atoms with Crippen LogP contribution in [0.1, 0.15) is 16.7 Å². The predicted molar refractivity (Wildman–Crippen MR) is 83.6 cm³/mol. The molecule has 0 bridgehead atoms. The zero-order chi connectivity index (χ0) is 14.4. The molecule has 2 aromatic rings. The molecule has 0 N–H and O–H groups in total. The van der Waals surface area contributed by atoms with Gasteiger partial charge in [0.25, 0.3) is 0 Å². The number of rotatable bonds is 3. The number of allylic oxidation sites excluding steroid dienone is 1. The van der Waals surface area contributed by atoms with Gasteiger partial charge < -0.3 is 4.74 Å². The highest BCUT2D eigenvalue weighted by atomic mass is 16.5. The number of ether oxygens (including phenoxy) is 1. The highest BCUT2D eigenvalue weighted by molar-refractivity contribution is 5.45. The van der Waals surface area contributed by atoms with Gasteiger partial charge in [-0.15, -0.1) is 0 Å². The minimum Gasteiger partial charge on any atom is -0.458 e. The van der Waals surface area contributed by atoms with E-state index in [0.29, 0.717) is 5.76 Å². The first kappa shape index (κ1) is 13.7. The van der Waals surface area contributed by atoms with E-state index in [1.807, 2.05) is 36.4 Å². The highest BCUT2D eigenvalue weighted by Crippen LogP contribution is 2.14. The van der Waals surface area contributed by atoms with Crippen LogP contribution in [0.15, 0.2) is 73.5 Å². The summed E-state index contributed by atoms with van der Waals surface area (Å²) in [5.74, 6) is 7.53. The van der Waals surface area contributed by atoms with Crippen LogP contribution in [0.2, 0.25) is 0 Å². The van der Waals surface area contributed by atoms with Gasteiger partial charge in [-0.2, -0.15) is 0 Å². The van der Waals surface area contributed by atoms with Crippen molar-refractivity contribution >= 4 is 0 Å². The largest absolute Gasteiger partial charge is 0.458 e. The number of hydrogen-bond acceptors (Lipinski definition) is 1. The molecule has 2 rings (SSSR count). The lowest BCUT2D eigenvalue weighted by Gasteiger charge is -2.03. The molecular weight excluding hydrogens is 244 g/mol. The topological polar surface area (TPSA) is 9.23 Å². The summed E-state index contributed by atoms with van der Waals surface area (Å²) in [4.78, 5) is 0. The van der Waals surface area contributed by atoms with Crippen molar-refractivity contribution in [2.24, 2.45) is 0 Å². The predicted octanol–water partition coefficient (Wildman–Crippen LogP) is 4.47. The number of benzene rings is 2. The Morgan fingerprint density at radius 1 is 0.950 bits per heavy atom. The lowest BCUT2D eigenvalue weighted by Crippen LogP contribution is -1.89. The molecule has 0 aliphatic rings. The Bertz CT molecular complexity index is 664. The first-order valence-electron chi connectivity index (χ1n) is 6.35. The number of hydrogen-bond donors (Lipinski definition) is 0. The van der Waals surface area contributed by atoms with E-state index >= 15 is 0 Å². The molecular formula is C19H16O. The SMILES string of the molecule is C=CC(=C)Oc1ccc(C#Cc2ccc(C)cc2)cc1. The fraction of sp³-hybridized carbons (Fsp3) is 0.0526. The Labute approximate surface area is 120 Å². The third kappa shape index (κ3) is 3.90. The summed E-state index contributed by atoms with van der Waals surface area (Å²) >= 11 is 0. The van der Waals surface area contributed by atoms with Crippen molar-refractivity contribution in [3.05, 3.63) is 90.2 Å². The van der Waals surface area contributed by atoms with Crippen molar-refractivity contribution in [3.8, 4) is 17.6 Å². The van der Waals surface area contributed by atoms with Crippen LogP contribution >= 0.6 is 0 Å². The zero-order valence-corrected chi connectivity index (χ0v) is 11.5. The van der Waals surface area contributed by atoms with E-state index in [-0.39, 0.29) is 0 Å². The second-order valence-electron chi connectivity index (χ2n) is 4.41. The molecule has 2 aromatic carbocycles. The second kappa shape index (κ2) is 6.45. The summed E-state index contributed by atoms with van der Waals surface area (Å²) in [5.41, 5.74) is 3.19. The van der Waals surface area contributed by atoms with Gasteiger partial charge in [0, 0.05) is 11.1 Å². The van der Waals surface area contributed by atoms with E-state index < -0.39 is 0 Å². The molecule has 0 aliphatic heterocycles. The quantitative estimate of drug-likeness (QED) is 0.449. The zero-order valence-electron chi connectivity index (χ0n) is 11.5. The van der Waals surface area contributed by atoms with E-state index in [4.69, 9.17) is 4.74 Å². The average Bonchev–Trinajstić information content (AvgIpc) is 2.48. The maximum absolute atomic E-state index is 5.43. The van der Waals surface area contributed by atoms with Crippen LogP contribution in [0.25, 0.3) is 0 Å². The summed E-state index contributed by atoms with van der Waals surface area (Å²) in [6.45, 7) is 9.36. The number of aryl methyl sites for hydroxylation is 1. The summed E-state index contributed by atoms with van der Waals surface area (Å²) in [6.07, 6.45) is 1.57. The van der Waals surface area contributed by atoms with Crippen molar-refractivity contribution in [1.82, 2.24) is 0 Å². The minimum absolute atomic E-state index is 0.531. The molecule has 20 heavy (non-hydrogen) atoms. The first-order chi connectivity index (χ1) is 9.67. The fourth-order valence-electron chi connectivity index (χ4n) is 1.58. The van der Waals surface area contributed by atoms with Crippen LogP contribution in [0.4, 0.5) is 0 Å². The van der Waals surface area contributed by atoms with Crippen LogP contribution in [-0.2, 0) is 0 Å². The van der Waals surface area contributed by atoms with E-state index in [0.717, 1.165) is 16.9 Å². The fourth-order valence-corrected chi connectivity index (χ4v) is 1.58. The molecule has 98 valence electrons. The smallest absolute Gasteiger partial charge is 0.127 e. The van der Waals surface area contributed by atoms with Crippen LogP contribution < -0.4 is 4.74 Å². The van der Waals surface area contributed by atoms with Crippen molar-refractivity contribution in [3.63, 3.8) is 0 Å². The molecule has 1 heteroatoms. The molecule has 0 saturated heterocycles. The molecule has 0 radical (unpaired) electrons. The van der Waals surface area contributed by atoms with Gasteiger partial charge >= 0.3 is 0 Å². The van der Waals surface area contributed by atoms with E-state index in [1.54, 1.807) is 6.08 Å². The Kier molecular flexibility index (Phi) is 4.42. The molecule has 0 heterocycles. The summed E-state index contributed by atoms with van der Waals surface area (Å²) in [6, 6.07) is 15.7. The monoisotopic (exact) mass is 260 g/mol. The third-order valence-electron chi connectivity index (χ3n) is 2.73. The molecule has 0 unspecified atom stereocenters. The van der Waals surface area contributed by atoms with Gasteiger partial charge in [0.2, 0.25) is 0 Å². The first-order valence-corrected chi connectivity index (χ1v) is 6.35. The van der Waals surface area contributed by atoms with Crippen molar-refractivity contribution in [1.29, 1.82) is 0 Å². The summed E-state index contributed by atoms with van der Waals surface area (Å²) in [7, 11) is 0. The normalized spacial score (nSPS) is 9.25. The second-order valence-corrected chi connectivity index (χ2v) is 4.41. The van der Waals surface area contributed by atoms with Gasteiger partial charge in [0.05, 0.1) is 0 Å². The van der Waals surface area contributed by atoms with Crippen molar-refractivity contribution in [2.75, 3.05) is 0 Å². The summed E-state index contributed by atoms with van der Waals surface area (Å²) < 4.78 is 5.43. The Morgan fingerprint density at radius 3 is 1.95 bits per heavy atom. The molecule has 0 atom stereocenters. The van der Waals surface area contributed by atoms with Crippen molar-refractivity contribution < 1.29 is 4.74 Å². The van der Waals surface area contributed by atoms with Gasteiger partial charge in [-0.3, -0.25) is 0 Å². The van der Waals surface area contributed by atoms with Gasteiger partial charge in [-0.25, -0.2) is 0 Å². The molecule has 0 spiro atoms. The van der Waals surface area contributed by atoms with Crippen LogP contribution in [0.5, 0.6) is 5.75 Å². The van der Waals surface area contributed by atoms with Crippen LogP contribution in [0.3, 0.4) is 0 Å². The van der Waals surface area contributed by atoms with E-state index in [2.05, 4.69) is 44.1 Å². The van der Waals surface area contributed by atoms with Gasteiger partial charge in [0.1, 0.15) is 11.5 Å². The Balaban J connectivity index is 2.09. The molecule has 0 saturated carbocycles. The maximum atomic E-state index is 5.43. The van der Waals surface area contributed by atoms with E-state index in [9.17, 15) is 0 Å². The molecule has 0 amide bonds. The standard InChI is InChI=1S/C19H16O/c1-4-16(3)20-19-13-11-18(12-14-19)10-9-17-7-5-15(2)6-8-17/h4-8,11-14H,1,3H2,2H3. The van der Waals surface area contributed by atoms with Crippen LogP contribution in [-0.4, -0.2) is 0 Å². The lowest BCUT2D eigenvalue weighted by molar-refractivity contribution is 0.447.